The number of aromatic nitrogens is 1. The van der Waals surface area contributed by atoms with Crippen LogP contribution in [0.15, 0.2) is 18.3 Å². The van der Waals surface area contributed by atoms with E-state index in [0.29, 0.717) is 11.5 Å². The normalized spacial score (nSPS) is 24.1. The summed E-state index contributed by atoms with van der Waals surface area (Å²) in [5, 5.41) is 8.77. The third-order valence-corrected chi connectivity index (χ3v) is 4.03. The van der Waals surface area contributed by atoms with Crippen molar-refractivity contribution < 1.29 is 0 Å². The molecule has 96 valence electrons. The molecule has 1 aromatic heterocycles. The van der Waals surface area contributed by atoms with Gasteiger partial charge in [0.2, 0.25) is 0 Å². The van der Waals surface area contributed by atoms with Crippen molar-refractivity contribution in [1.29, 1.82) is 5.26 Å². The largest absolute Gasteiger partial charge is 0.356 e. The smallest absolute Gasteiger partial charge is 0.128 e. The summed E-state index contributed by atoms with van der Waals surface area (Å²) < 4.78 is 0. The molecular weight excluding hydrogens is 222 g/mol. The van der Waals surface area contributed by atoms with Crippen LogP contribution >= 0.6 is 0 Å². The average molecular weight is 243 g/mol. The average Bonchev–Trinajstić information content (AvgIpc) is 2.38. The van der Waals surface area contributed by atoms with E-state index in [1.807, 2.05) is 12.1 Å². The fourth-order valence-corrected chi connectivity index (χ4v) is 3.00. The number of rotatable bonds is 2. The van der Waals surface area contributed by atoms with Crippen LogP contribution in [0.4, 0.5) is 5.82 Å². The lowest BCUT2D eigenvalue weighted by atomic mass is 9.79. The van der Waals surface area contributed by atoms with Crippen LogP contribution in [0.25, 0.3) is 0 Å². The molecule has 0 amide bonds. The Bertz CT molecular complexity index is 430. The van der Waals surface area contributed by atoms with Gasteiger partial charge in [-0.1, -0.05) is 20.8 Å². The highest BCUT2D eigenvalue weighted by Gasteiger charge is 2.28. The van der Waals surface area contributed by atoms with Gasteiger partial charge in [-0.2, -0.15) is 5.26 Å². The van der Waals surface area contributed by atoms with Crippen LogP contribution in [0.1, 0.15) is 32.8 Å². The molecule has 2 atom stereocenters. The predicted molar refractivity (Wildman–Crippen MR) is 73.3 cm³/mol. The SMILES string of the molecule is CC(C)[C@@H]1CCN(c2ccc(C#N)cn2)C[C@@H]1C. The Balaban J connectivity index is 2.05. The van der Waals surface area contributed by atoms with Crippen molar-refractivity contribution in [3.8, 4) is 6.07 Å². The molecule has 0 spiro atoms. The molecule has 0 unspecified atom stereocenters. The zero-order chi connectivity index (χ0) is 13.1. The first-order valence-corrected chi connectivity index (χ1v) is 6.73. The molecule has 2 heterocycles. The second-order valence-corrected chi connectivity index (χ2v) is 5.64. The monoisotopic (exact) mass is 243 g/mol. The third kappa shape index (κ3) is 2.64. The van der Waals surface area contributed by atoms with Crippen molar-refractivity contribution in [2.24, 2.45) is 17.8 Å². The van der Waals surface area contributed by atoms with Gasteiger partial charge in [-0.3, -0.25) is 0 Å². The molecule has 3 nitrogen and oxygen atoms in total. The molecule has 0 N–H and O–H groups in total. The highest BCUT2D eigenvalue weighted by Crippen LogP contribution is 2.31. The van der Waals surface area contributed by atoms with Crippen molar-refractivity contribution in [1.82, 2.24) is 4.98 Å². The molecule has 1 aliphatic rings. The molecular formula is C15H21N3. The van der Waals surface area contributed by atoms with Crippen LogP contribution in [0.5, 0.6) is 0 Å². The summed E-state index contributed by atoms with van der Waals surface area (Å²) in [6, 6.07) is 5.91. The predicted octanol–water partition coefficient (Wildman–Crippen LogP) is 3.07. The van der Waals surface area contributed by atoms with E-state index in [9.17, 15) is 0 Å². The fourth-order valence-electron chi connectivity index (χ4n) is 3.00. The van der Waals surface area contributed by atoms with E-state index in [0.717, 1.165) is 30.7 Å². The Hall–Kier alpha value is -1.56. The first-order chi connectivity index (χ1) is 8.61. The van der Waals surface area contributed by atoms with Crippen LogP contribution < -0.4 is 4.90 Å². The minimum atomic E-state index is 0.629. The summed E-state index contributed by atoms with van der Waals surface area (Å²) in [7, 11) is 0. The number of anilines is 1. The maximum atomic E-state index is 8.77. The molecule has 2 rings (SSSR count). The highest BCUT2D eigenvalue weighted by molar-refractivity contribution is 5.42. The summed E-state index contributed by atoms with van der Waals surface area (Å²) in [4.78, 5) is 6.72. The summed E-state index contributed by atoms with van der Waals surface area (Å²) in [5.74, 6) is 3.29. The Labute approximate surface area is 109 Å². The van der Waals surface area contributed by atoms with Gasteiger partial charge < -0.3 is 4.90 Å². The van der Waals surface area contributed by atoms with Gasteiger partial charge in [0.25, 0.3) is 0 Å². The second-order valence-electron chi connectivity index (χ2n) is 5.64. The maximum Gasteiger partial charge on any atom is 0.128 e. The van der Waals surface area contributed by atoms with Crippen molar-refractivity contribution in [2.45, 2.75) is 27.2 Å². The Kier molecular flexibility index (Phi) is 3.86. The lowest BCUT2D eigenvalue weighted by Gasteiger charge is -2.39. The molecule has 18 heavy (non-hydrogen) atoms. The molecule has 1 saturated heterocycles. The summed E-state index contributed by atoms with van der Waals surface area (Å²) >= 11 is 0. The molecule has 0 saturated carbocycles. The standard InChI is InChI=1S/C15H21N3/c1-11(2)14-6-7-18(10-12(14)3)15-5-4-13(8-16)9-17-15/h4-5,9,11-12,14H,6-7,10H2,1-3H3/t12-,14-/m0/s1. The van der Waals surface area contributed by atoms with E-state index >= 15 is 0 Å². The quantitative estimate of drug-likeness (QED) is 0.801. The molecule has 1 aliphatic heterocycles. The fraction of sp³-hybridized carbons (Fsp3) is 0.600. The maximum absolute atomic E-state index is 8.77. The van der Waals surface area contributed by atoms with E-state index in [-0.39, 0.29) is 0 Å². The number of hydrogen-bond donors (Lipinski definition) is 0. The van der Waals surface area contributed by atoms with Crippen molar-refractivity contribution in [3.05, 3.63) is 23.9 Å². The molecule has 1 aromatic rings. The first kappa shape index (κ1) is 12.9. The lowest BCUT2D eigenvalue weighted by molar-refractivity contribution is 0.228. The van der Waals surface area contributed by atoms with E-state index in [1.165, 1.54) is 6.42 Å². The zero-order valence-electron chi connectivity index (χ0n) is 11.4. The summed E-state index contributed by atoms with van der Waals surface area (Å²) in [5.41, 5.74) is 0.629. The van der Waals surface area contributed by atoms with Crippen LogP contribution in [0.3, 0.4) is 0 Å². The van der Waals surface area contributed by atoms with Crippen LogP contribution in [-0.4, -0.2) is 18.1 Å². The van der Waals surface area contributed by atoms with Gasteiger partial charge in [0.15, 0.2) is 0 Å². The topological polar surface area (TPSA) is 39.9 Å². The molecule has 0 aliphatic carbocycles. The van der Waals surface area contributed by atoms with Gasteiger partial charge in [0.05, 0.1) is 5.56 Å². The van der Waals surface area contributed by atoms with Crippen molar-refractivity contribution in [2.75, 3.05) is 18.0 Å². The number of hydrogen-bond acceptors (Lipinski definition) is 3. The molecule has 0 radical (unpaired) electrons. The van der Waals surface area contributed by atoms with Gasteiger partial charge in [-0.15, -0.1) is 0 Å². The Morgan fingerprint density at radius 3 is 2.72 bits per heavy atom. The van der Waals surface area contributed by atoms with Crippen LogP contribution in [0, 0.1) is 29.1 Å². The number of piperidine rings is 1. The Morgan fingerprint density at radius 2 is 2.22 bits per heavy atom. The van der Waals surface area contributed by atoms with E-state index in [4.69, 9.17) is 5.26 Å². The number of nitrogens with zero attached hydrogens (tertiary/aromatic N) is 3. The third-order valence-electron chi connectivity index (χ3n) is 4.03. The minimum Gasteiger partial charge on any atom is -0.356 e. The van der Waals surface area contributed by atoms with Crippen LogP contribution in [-0.2, 0) is 0 Å². The van der Waals surface area contributed by atoms with Crippen molar-refractivity contribution >= 4 is 5.82 Å². The van der Waals surface area contributed by atoms with Crippen LogP contribution in [0.2, 0.25) is 0 Å². The van der Waals surface area contributed by atoms with E-state index in [1.54, 1.807) is 6.20 Å². The molecule has 3 heteroatoms. The minimum absolute atomic E-state index is 0.629. The zero-order valence-corrected chi connectivity index (χ0v) is 11.4. The van der Waals surface area contributed by atoms with E-state index in [2.05, 4.69) is 36.7 Å². The Morgan fingerprint density at radius 1 is 1.44 bits per heavy atom. The van der Waals surface area contributed by atoms with Gasteiger partial charge >= 0.3 is 0 Å². The molecule has 0 aromatic carbocycles. The number of nitriles is 1. The summed E-state index contributed by atoms with van der Waals surface area (Å²) in [6.07, 6.45) is 2.90. The lowest BCUT2D eigenvalue weighted by Crippen LogP contribution is -2.41. The van der Waals surface area contributed by atoms with Crippen molar-refractivity contribution in [3.63, 3.8) is 0 Å². The number of pyridine rings is 1. The van der Waals surface area contributed by atoms with Gasteiger partial charge in [0.1, 0.15) is 11.9 Å². The second kappa shape index (κ2) is 5.39. The van der Waals surface area contributed by atoms with Gasteiger partial charge in [-0.05, 0) is 36.3 Å². The first-order valence-electron chi connectivity index (χ1n) is 6.73. The van der Waals surface area contributed by atoms with E-state index < -0.39 is 0 Å². The van der Waals surface area contributed by atoms with Gasteiger partial charge in [-0.25, -0.2) is 4.98 Å². The molecule has 0 bridgehead atoms. The summed E-state index contributed by atoms with van der Waals surface area (Å²) in [6.45, 7) is 9.11. The van der Waals surface area contributed by atoms with Gasteiger partial charge in [0, 0.05) is 19.3 Å². The highest BCUT2D eigenvalue weighted by atomic mass is 15.2. The molecule has 1 fully saturated rings.